The number of nitrogen functional groups attached to an aromatic ring is 1. The van der Waals surface area contributed by atoms with Crippen LogP contribution in [0, 0.1) is 0 Å². The van der Waals surface area contributed by atoms with Crippen molar-refractivity contribution < 1.29 is 0 Å². The highest BCUT2D eigenvalue weighted by molar-refractivity contribution is 6.16. The van der Waals surface area contributed by atoms with Gasteiger partial charge >= 0.3 is 0 Å². The summed E-state index contributed by atoms with van der Waals surface area (Å²) < 4.78 is 0. The molecule has 0 bridgehead atoms. The molecule has 1 aliphatic carbocycles. The van der Waals surface area contributed by atoms with Gasteiger partial charge in [-0.1, -0.05) is 48.5 Å². The van der Waals surface area contributed by atoms with Crippen molar-refractivity contribution in [3.05, 3.63) is 66.7 Å². The molecule has 1 aliphatic rings. The number of rotatable bonds is 2. The first-order valence-corrected chi connectivity index (χ1v) is 7.83. The fraction of sp³-hybridized carbons (Fsp3) is 0. The number of nitrogens with one attached hydrogen (secondary N) is 1. The van der Waals surface area contributed by atoms with Gasteiger partial charge in [0.15, 0.2) is 5.82 Å². The number of fused-ring (bicyclic) bond motifs is 3. The average Bonchev–Trinajstić information content (AvgIpc) is 2.93. The van der Waals surface area contributed by atoms with Crippen LogP contribution in [0.15, 0.2) is 66.7 Å². The van der Waals surface area contributed by atoms with Crippen LogP contribution in [0.3, 0.4) is 0 Å². The standard InChI is InChI=1S/C20H14N4/c21-12-5-3-6-13(11-12)22-20-17-10-4-9-15-14-7-1-2-8-16(14)19(18(15)17)23-24-20/h1-11H,21H2,(H,22,24). The van der Waals surface area contributed by atoms with Gasteiger partial charge in [0.25, 0.3) is 0 Å². The number of hydrogen-bond donors (Lipinski definition) is 2. The highest BCUT2D eigenvalue weighted by Gasteiger charge is 2.24. The van der Waals surface area contributed by atoms with Crippen molar-refractivity contribution in [2.75, 3.05) is 11.1 Å². The summed E-state index contributed by atoms with van der Waals surface area (Å²) in [6, 6.07) is 22.3. The van der Waals surface area contributed by atoms with Gasteiger partial charge in [-0.3, -0.25) is 0 Å². The van der Waals surface area contributed by atoms with Gasteiger partial charge in [0, 0.05) is 27.7 Å². The van der Waals surface area contributed by atoms with E-state index in [0.717, 1.165) is 33.5 Å². The fourth-order valence-corrected chi connectivity index (χ4v) is 3.39. The number of nitrogens with zero attached hydrogens (tertiary/aromatic N) is 2. The minimum absolute atomic E-state index is 0.714. The number of benzene rings is 3. The van der Waals surface area contributed by atoms with E-state index in [2.05, 4.69) is 51.9 Å². The largest absolute Gasteiger partial charge is 0.399 e. The lowest BCUT2D eigenvalue weighted by molar-refractivity contribution is 1.06. The number of aromatic nitrogens is 2. The van der Waals surface area contributed by atoms with Gasteiger partial charge in [0.05, 0.1) is 0 Å². The molecule has 1 aromatic heterocycles. The molecule has 24 heavy (non-hydrogen) atoms. The second-order valence-corrected chi connectivity index (χ2v) is 5.92. The predicted molar refractivity (Wildman–Crippen MR) is 98.1 cm³/mol. The Morgan fingerprint density at radius 1 is 0.750 bits per heavy atom. The summed E-state index contributed by atoms with van der Waals surface area (Å²) in [5.41, 5.74) is 12.0. The highest BCUT2D eigenvalue weighted by atomic mass is 15.2. The molecule has 1 heterocycles. The van der Waals surface area contributed by atoms with Crippen molar-refractivity contribution in [3.63, 3.8) is 0 Å². The van der Waals surface area contributed by atoms with Crippen LogP contribution in [0.25, 0.3) is 33.2 Å². The normalized spacial score (nSPS) is 11.5. The predicted octanol–water partition coefficient (Wildman–Crippen LogP) is 4.60. The Labute approximate surface area is 139 Å². The maximum absolute atomic E-state index is 5.86. The second kappa shape index (κ2) is 4.80. The van der Waals surface area contributed by atoms with E-state index in [1.54, 1.807) is 0 Å². The van der Waals surface area contributed by atoms with Crippen molar-refractivity contribution in [1.29, 1.82) is 0 Å². The van der Waals surface area contributed by atoms with Crippen LogP contribution in [0.1, 0.15) is 0 Å². The first-order chi connectivity index (χ1) is 11.8. The Balaban J connectivity index is 1.73. The molecule has 0 saturated carbocycles. The third-order valence-electron chi connectivity index (χ3n) is 4.43. The Morgan fingerprint density at radius 2 is 1.54 bits per heavy atom. The maximum atomic E-state index is 5.86. The fourth-order valence-electron chi connectivity index (χ4n) is 3.39. The molecule has 4 heteroatoms. The van der Waals surface area contributed by atoms with Crippen LogP contribution in [0.2, 0.25) is 0 Å². The Morgan fingerprint density at radius 3 is 2.42 bits per heavy atom. The molecule has 5 rings (SSSR count). The van der Waals surface area contributed by atoms with Gasteiger partial charge < -0.3 is 11.1 Å². The van der Waals surface area contributed by atoms with E-state index in [-0.39, 0.29) is 0 Å². The summed E-state index contributed by atoms with van der Waals surface area (Å²) in [5, 5.41) is 14.5. The zero-order chi connectivity index (χ0) is 16.1. The summed E-state index contributed by atoms with van der Waals surface area (Å²) in [5.74, 6) is 0.744. The lowest BCUT2D eigenvalue weighted by Crippen LogP contribution is -1.98. The van der Waals surface area contributed by atoms with Crippen molar-refractivity contribution in [3.8, 4) is 22.4 Å². The van der Waals surface area contributed by atoms with Gasteiger partial charge in [0.1, 0.15) is 5.69 Å². The van der Waals surface area contributed by atoms with Crippen molar-refractivity contribution in [1.82, 2.24) is 10.2 Å². The second-order valence-electron chi connectivity index (χ2n) is 5.92. The van der Waals surface area contributed by atoms with E-state index in [1.807, 2.05) is 30.3 Å². The van der Waals surface area contributed by atoms with Crippen LogP contribution >= 0.6 is 0 Å². The lowest BCUT2D eigenvalue weighted by atomic mass is 10.0. The van der Waals surface area contributed by atoms with Gasteiger partial charge in [-0.25, -0.2) is 0 Å². The topological polar surface area (TPSA) is 63.8 Å². The molecule has 114 valence electrons. The third-order valence-corrected chi connectivity index (χ3v) is 4.43. The van der Waals surface area contributed by atoms with E-state index in [4.69, 9.17) is 5.73 Å². The van der Waals surface area contributed by atoms with E-state index >= 15 is 0 Å². The SMILES string of the molecule is Nc1cccc(Nc2nnc3c4c(cccc24)-c2ccccc2-3)c1. The summed E-state index contributed by atoms with van der Waals surface area (Å²) in [6.45, 7) is 0. The van der Waals surface area contributed by atoms with Crippen molar-refractivity contribution in [2.24, 2.45) is 0 Å². The quantitative estimate of drug-likeness (QED) is 0.468. The van der Waals surface area contributed by atoms with Crippen LogP contribution in [-0.4, -0.2) is 10.2 Å². The molecule has 0 saturated heterocycles. The monoisotopic (exact) mass is 310 g/mol. The van der Waals surface area contributed by atoms with Crippen molar-refractivity contribution >= 4 is 28.0 Å². The third kappa shape index (κ3) is 1.80. The molecule has 3 N–H and O–H groups in total. The Hall–Kier alpha value is -3.40. The van der Waals surface area contributed by atoms with Gasteiger partial charge in [-0.2, -0.15) is 0 Å². The Kier molecular flexibility index (Phi) is 2.61. The summed E-state index contributed by atoms with van der Waals surface area (Å²) in [4.78, 5) is 0. The summed E-state index contributed by atoms with van der Waals surface area (Å²) >= 11 is 0. The summed E-state index contributed by atoms with van der Waals surface area (Å²) in [7, 11) is 0. The van der Waals surface area contributed by atoms with Crippen molar-refractivity contribution in [2.45, 2.75) is 0 Å². The highest BCUT2D eigenvalue weighted by Crippen LogP contribution is 2.46. The maximum Gasteiger partial charge on any atom is 0.161 e. The molecular weight excluding hydrogens is 296 g/mol. The number of nitrogens with two attached hydrogens (primary N) is 1. The molecular formula is C20H14N4. The smallest absolute Gasteiger partial charge is 0.161 e. The van der Waals surface area contributed by atoms with E-state index < -0.39 is 0 Å². The lowest BCUT2D eigenvalue weighted by Gasteiger charge is -2.10. The Bertz CT molecular complexity index is 1070. The molecule has 3 aromatic carbocycles. The van der Waals surface area contributed by atoms with E-state index in [0.29, 0.717) is 5.69 Å². The molecule has 0 aliphatic heterocycles. The first-order valence-electron chi connectivity index (χ1n) is 7.83. The molecule has 0 radical (unpaired) electrons. The zero-order valence-corrected chi connectivity index (χ0v) is 12.8. The van der Waals surface area contributed by atoms with Crippen LogP contribution in [-0.2, 0) is 0 Å². The van der Waals surface area contributed by atoms with E-state index in [9.17, 15) is 0 Å². The molecule has 4 nitrogen and oxygen atoms in total. The summed E-state index contributed by atoms with van der Waals surface area (Å²) in [6.07, 6.45) is 0. The molecule has 0 fully saturated rings. The average molecular weight is 310 g/mol. The van der Waals surface area contributed by atoms with Gasteiger partial charge in [-0.15, -0.1) is 10.2 Å². The van der Waals surface area contributed by atoms with Crippen LogP contribution in [0.5, 0.6) is 0 Å². The molecule has 0 atom stereocenters. The first kappa shape index (κ1) is 13.1. The van der Waals surface area contributed by atoms with E-state index in [1.165, 1.54) is 11.1 Å². The number of hydrogen-bond acceptors (Lipinski definition) is 4. The zero-order valence-electron chi connectivity index (χ0n) is 12.8. The van der Waals surface area contributed by atoms with Gasteiger partial charge in [-0.05, 0) is 29.3 Å². The minimum atomic E-state index is 0.714. The minimum Gasteiger partial charge on any atom is -0.399 e. The van der Waals surface area contributed by atoms with Crippen LogP contribution < -0.4 is 11.1 Å². The molecule has 4 aromatic rings. The molecule has 0 amide bonds. The van der Waals surface area contributed by atoms with Gasteiger partial charge in [0.2, 0.25) is 0 Å². The molecule has 0 spiro atoms. The number of anilines is 3. The van der Waals surface area contributed by atoms with Crippen LogP contribution in [0.4, 0.5) is 17.2 Å². The molecule has 0 unspecified atom stereocenters.